The van der Waals surface area contributed by atoms with Crippen LogP contribution in [-0.4, -0.2) is 22.0 Å². The number of carbonyl (C=O) groups excluding carboxylic acids is 1. The molecule has 0 radical (unpaired) electrons. The van der Waals surface area contributed by atoms with Gasteiger partial charge in [-0.15, -0.1) is 0 Å². The molecule has 0 atom stereocenters. The number of nitro benzene ring substituents is 2. The lowest BCUT2D eigenvalue weighted by Crippen LogP contribution is -2.17. The quantitative estimate of drug-likeness (QED) is 0.342. The number of hydrogen-bond donors (Lipinski definition) is 1. The fourth-order valence-corrected chi connectivity index (χ4v) is 2.61. The van der Waals surface area contributed by atoms with E-state index in [4.69, 9.17) is 4.74 Å². The first kappa shape index (κ1) is 21.1. The summed E-state index contributed by atoms with van der Waals surface area (Å²) in [5, 5.41) is 25.9. The molecule has 0 aliphatic carbocycles. The number of carbonyl (C=O) groups is 1. The summed E-state index contributed by atoms with van der Waals surface area (Å²) in [6.45, 7) is 1.88. The van der Waals surface area contributed by atoms with Crippen LogP contribution >= 0.6 is 0 Å². The molecule has 0 aromatic heterocycles. The summed E-state index contributed by atoms with van der Waals surface area (Å²) in [6, 6.07) is 16.6. The second-order valence-electron chi connectivity index (χ2n) is 6.41. The van der Waals surface area contributed by atoms with Gasteiger partial charge < -0.3 is 4.74 Å². The molecule has 10 nitrogen and oxygen atoms in total. The van der Waals surface area contributed by atoms with Gasteiger partial charge in [0.25, 0.3) is 11.6 Å². The maximum atomic E-state index is 12.1. The topological polar surface area (TPSA) is 137 Å². The molecule has 0 saturated heterocycles. The van der Waals surface area contributed by atoms with Crippen molar-refractivity contribution in [2.75, 3.05) is 0 Å². The van der Waals surface area contributed by atoms with E-state index in [2.05, 4.69) is 10.5 Å². The Morgan fingerprint density at radius 1 is 1.00 bits per heavy atom. The van der Waals surface area contributed by atoms with E-state index in [1.165, 1.54) is 12.3 Å². The highest BCUT2D eigenvalue weighted by atomic mass is 16.6. The van der Waals surface area contributed by atoms with Crippen molar-refractivity contribution in [1.29, 1.82) is 0 Å². The van der Waals surface area contributed by atoms with E-state index < -0.39 is 21.2 Å². The molecule has 0 bridgehead atoms. The van der Waals surface area contributed by atoms with Gasteiger partial charge in [-0.05, 0) is 55.0 Å². The van der Waals surface area contributed by atoms with Gasteiger partial charge in [-0.1, -0.05) is 17.7 Å². The van der Waals surface area contributed by atoms with Gasteiger partial charge in [0.1, 0.15) is 5.75 Å². The zero-order valence-electron chi connectivity index (χ0n) is 16.2. The third kappa shape index (κ3) is 5.48. The number of aryl methyl sites for hydroxylation is 1. The Bertz CT molecular complexity index is 1170. The number of benzene rings is 3. The average molecular weight is 420 g/mol. The summed E-state index contributed by atoms with van der Waals surface area (Å²) in [5.74, 6) is -0.175. The molecule has 10 heteroatoms. The fourth-order valence-electron chi connectivity index (χ4n) is 2.61. The molecule has 0 spiro atoms. The monoisotopic (exact) mass is 420 g/mol. The molecule has 156 valence electrons. The van der Waals surface area contributed by atoms with Crippen molar-refractivity contribution in [2.45, 2.75) is 6.92 Å². The van der Waals surface area contributed by atoms with E-state index in [0.717, 1.165) is 17.7 Å². The minimum absolute atomic E-state index is 0.123. The number of non-ortho nitro benzene ring substituents is 1. The van der Waals surface area contributed by atoms with Crippen molar-refractivity contribution in [2.24, 2.45) is 5.10 Å². The van der Waals surface area contributed by atoms with Crippen molar-refractivity contribution >= 4 is 23.5 Å². The number of nitrogens with zero attached hydrogens (tertiary/aromatic N) is 3. The molecule has 1 amide bonds. The third-order valence-electron chi connectivity index (χ3n) is 4.12. The molecular formula is C21H16N4O6. The summed E-state index contributed by atoms with van der Waals surface area (Å²) in [4.78, 5) is 32.6. The second kappa shape index (κ2) is 9.27. The largest absolute Gasteiger partial charge is 0.450 e. The molecule has 3 rings (SSSR count). The first-order valence-corrected chi connectivity index (χ1v) is 8.94. The summed E-state index contributed by atoms with van der Waals surface area (Å²) in [7, 11) is 0. The minimum atomic E-state index is -0.750. The Morgan fingerprint density at radius 3 is 2.39 bits per heavy atom. The number of hydrogen-bond acceptors (Lipinski definition) is 7. The summed E-state index contributed by atoms with van der Waals surface area (Å²) >= 11 is 0. The molecule has 3 aromatic carbocycles. The van der Waals surface area contributed by atoms with Crippen LogP contribution in [0.25, 0.3) is 0 Å². The van der Waals surface area contributed by atoms with Gasteiger partial charge in [0.2, 0.25) is 5.75 Å². The van der Waals surface area contributed by atoms with Crippen LogP contribution in [0.3, 0.4) is 0 Å². The zero-order valence-corrected chi connectivity index (χ0v) is 16.2. The van der Waals surface area contributed by atoms with Crippen molar-refractivity contribution < 1.29 is 19.4 Å². The highest BCUT2D eigenvalue weighted by molar-refractivity contribution is 5.95. The van der Waals surface area contributed by atoms with E-state index in [1.807, 2.05) is 13.0 Å². The molecule has 31 heavy (non-hydrogen) atoms. The van der Waals surface area contributed by atoms with Crippen molar-refractivity contribution in [1.82, 2.24) is 5.43 Å². The summed E-state index contributed by atoms with van der Waals surface area (Å²) in [6.07, 6.45) is 1.44. The van der Waals surface area contributed by atoms with E-state index in [-0.39, 0.29) is 17.4 Å². The Balaban J connectivity index is 1.67. The Labute approximate surface area is 176 Å². The number of rotatable bonds is 7. The molecule has 0 heterocycles. The SMILES string of the molecule is Cc1cccc(C(=O)N/N=C/c2ccc(Oc3ccc([N+](=O)[O-])cc3[N+](=O)[O-])cc2)c1. The predicted molar refractivity (Wildman–Crippen MR) is 113 cm³/mol. The van der Waals surface area contributed by atoms with Crippen LogP contribution in [0.5, 0.6) is 11.5 Å². The molecular weight excluding hydrogens is 404 g/mol. The smallest absolute Gasteiger partial charge is 0.318 e. The van der Waals surface area contributed by atoms with Gasteiger partial charge in [-0.2, -0.15) is 5.10 Å². The van der Waals surface area contributed by atoms with Crippen LogP contribution in [-0.2, 0) is 0 Å². The number of hydrazone groups is 1. The van der Waals surface area contributed by atoms with Gasteiger partial charge in [0.05, 0.1) is 22.1 Å². The number of amides is 1. The highest BCUT2D eigenvalue weighted by Crippen LogP contribution is 2.34. The maximum Gasteiger partial charge on any atom is 0.318 e. The van der Waals surface area contributed by atoms with Crippen molar-refractivity contribution in [3.05, 3.63) is 104 Å². The Hall–Kier alpha value is -4.60. The number of nitro groups is 2. The van der Waals surface area contributed by atoms with Gasteiger partial charge in [-0.3, -0.25) is 25.0 Å². The first-order valence-electron chi connectivity index (χ1n) is 8.94. The normalized spacial score (nSPS) is 10.6. The van der Waals surface area contributed by atoms with E-state index in [9.17, 15) is 25.0 Å². The van der Waals surface area contributed by atoms with Crippen LogP contribution in [0.4, 0.5) is 11.4 Å². The molecule has 3 aromatic rings. The summed E-state index contributed by atoms with van der Waals surface area (Å²) in [5.41, 5.74) is 3.61. The number of ether oxygens (including phenoxy) is 1. The van der Waals surface area contributed by atoms with Gasteiger partial charge in [0, 0.05) is 11.6 Å². The van der Waals surface area contributed by atoms with Gasteiger partial charge >= 0.3 is 5.69 Å². The lowest BCUT2D eigenvalue weighted by atomic mass is 10.1. The highest BCUT2D eigenvalue weighted by Gasteiger charge is 2.21. The molecule has 0 unspecified atom stereocenters. The van der Waals surface area contributed by atoms with Crippen LogP contribution in [0.15, 0.2) is 71.8 Å². The van der Waals surface area contributed by atoms with E-state index in [1.54, 1.807) is 42.5 Å². The molecule has 0 aliphatic heterocycles. The zero-order chi connectivity index (χ0) is 22.4. The van der Waals surface area contributed by atoms with Crippen LogP contribution < -0.4 is 10.2 Å². The third-order valence-corrected chi connectivity index (χ3v) is 4.12. The molecule has 0 aliphatic rings. The minimum Gasteiger partial charge on any atom is -0.450 e. The molecule has 1 N–H and O–H groups in total. The van der Waals surface area contributed by atoms with Gasteiger partial charge in [0.15, 0.2) is 0 Å². The predicted octanol–water partition coefficient (Wildman–Crippen LogP) is 4.37. The first-order chi connectivity index (χ1) is 14.8. The van der Waals surface area contributed by atoms with Crippen molar-refractivity contribution in [3.8, 4) is 11.5 Å². The Morgan fingerprint density at radius 2 is 1.74 bits per heavy atom. The van der Waals surface area contributed by atoms with E-state index >= 15 is 0 Å². The van der Waals surface area contributed by atoms with Crippen LogP contribution in [0, 0.1) is 27.2 Å². The Kier molecular flexibility index (Phi) is 6.31. The number of nitrogens with one attached hydrogen (secondary N) is 1. The van der Waals surface area contributed by atoms with Crippen molar-refractivity contribution in [3.63, 3.8) is 0 Å². The standard InChI is InChI=1S/C21H16N4O6/c1-14-3-2-4-16(11-14)21(26)23-22-13-15-5-8-18(9-6-15)31-20-10-7-17(24(27)28)12-19(20)25(29)30/h2-13H,1H3,(H,23,26)/b22-13+. The van der Waals surface area contributed by atoms with Gasteiger partial charge in [-0.25, -0.2) is 5.43 Å². The fraction of sp³-hybridized carbons (Fsp3) is 0.0476. The lowest BCUT2D eigenvalue weighted by Gasteiger charge is -2.06. The van der Waals surface area contributed by atoms with Crippen LogP contribution in [0.2, 0.25) is 0 Å². The molecule has 0 fully saturated rings. The molecule has 0 saturated carbocycles. The van der Waals surface area contributed by atoms with Crippen LogP contribution in [0.1, 0.15) is 21.5 Å². The van der Waals surface area contributed by atoms with E-state index in [0.29, 0.717) is 11.1 Å². The summed E-state index contributed by atoms with van der Waals surface area (Å²) < 4.78 is 5.49. The average Bonchev–Trinajstić information content (AvgIpc) is 2.75. The second-order valence-corrected chi connectivity index (χ2v) is 6.41. The lowest BCUT2D eigenvalue weighted by molar-refractivity contribution is -0.394. The maximum absolute atomic E-state index is 12.1.